The van der Waals surface area contributed by atoms with Crippen molar-refractivity contribution < 1.29 is 23.1 Å². The molecule has 2 N–H and O–H groups in total. The molecule has 0 aliphatic rings. The number of benzene rings is 1. The molecule has 1 rings (SSSR count). The molecule has 0 heterocycles. The van der Waals surface area contributed by atoms with Crippen molar-refractivity contribution in [2.45, 2.75) is 18.2 Å². The van der Waals surface area contributed by atoms with Gasteiger partial charge in [-0.05, 0) is 25.5 Å². The van der Waals surface area contributed by atoms with E-state index in [1.807, 2.05) is 6.92 Å². The van der Waals surface area contributed by atoms with Crippen LogP contribution in [0.15, 0.2) is 17.0 Å². The van der Waals surface area contributed by atoms with E-state index in [9.17, 15) is 13.2 Å². The summed E-state index contributed by atoms with van der Waals surface area (Å²) < 4.78 is 31.6. The highest BCUT2D eigenvalue weighted by Crippen LogP contribution is 2.30. The average molecular weight is 356 g/mol. The molecule has 0 atom stereocenters. The van der Waals surface area contributed by atoms with Gasteiger partial charge in [0.1, 0.15) is 4.90 Å². The lowest BCUT2D eigenvalue weighted by molar-refractivity contribution is 0.0697. The number of carbonyl (C=O) groups is 1. The van der Waals surface area contributed by atoms with Crippen LogP contribution >= 0.6 is 23.2 Å². The Morgan fingerprint density at radius 2 is 2.05 bits per heavy atom. The Kier molecular flexibility index (Phi) is 6.89. The van der Waals surface area contributed by atoms with E-state index >= 15 is 0 Å². The van der Waals surface area contributed by atoms with E-state index in [0.717, 1.165) is 0 Å². The fourth-order valence-corrected chi connectivity index (χ4v) is 3.53. The predicted molar refractivity (Wildman–Crippen MR) is 79.7 cm³/mol. The number of rotatable bonds is 8. The SMILES string of the molecule is CCOCCCNS(=O)(=O)c1ccc(Cl)c(C(=O)O)c1Cl. The van der Waals surface area contributed by atoms with Crippen LogP contribution in [-0.2, 0) is 14.8 Å². The molecule has 0 bridgehead atoms. The molecule has 0 unspecified atom stereocenters. The molecular formula is C12H15Cl2NO5S. The maximum absolute atomic E-state index is 12.1. The van der Waals surface area contributed by atoms with Crippen LogP contribution in [0.5, 0.6) is 0 Å². The summed E-state index contributed by atoms with van der Waals surface area (Å²) in [5.41, 5.74) is -0.435. The van der Waals surface area contributed by atoms with Crippen LogP contribution in [0.3, 0.4) is 0 Å². The Morgan fingerprint density at radius 3 is 2.62 bits per heavy atom. The van der Waals surface area contributed by atoms with Gasteiger partial charge in [-0.25, -0.2) is 17.9 Å². The number of carboxylic acids is 1. The third-order valence-electron chi connectivity index (χ3n) is 2.52. The third kappa shape index (κ3) is 4.82. The molecule has 6 nitrogen and oxygen atoms in total. The van der Waals surface area contributed by atoms with Gasteiger partial charge in [-0.1, -0.05) is 23.2 Å². The number of ether oxygens (including phenoxy) is 1. The van der Waals surface area contributed by atoms with E-state index in [1.165, 1.54) is 12.1 Å². The van der Waals surface area contributed by atoms with Gasteiger partial charge in [0, 0.05) is 19.8 Å². The molecule has 21 heavy (non-hydrogen) atoms. The third-order valence-corrected chi connectivity index (χ3v) is 4.84. The topological polar surface area (TPSA) is 92.7 Å². The van der Waals surface area contributed by atoms with Gasteiger partial charge in [-0.2, -0.15) is 0 Å². The fraction of sp³-hybridized carbons (Fsp3) is 0.417. The quantitative estimate of drug-likeness (QED) is 0.698. The van der Waals surface area contributed by atoms with Crippen molar-refractivity contribution in [2.75, 3.05) is 19.8 Å². The van der Waals surface area contributed by atoms with Gasteiger partial charge in [0.25, 0.3) is 0 Å². The summed E-state index contributed by atoms with van der Waals surface area (Å²) in [4.78, 5) is 10.7. The fourth-order valence-electron chi connectivity index (χ4n) is 1.54. The minimum Gasteiger partial charge on any atom is -0.478 e. The first kappa shape index (κ1) is 18.2. The van der Waals surface area contributed by atoms with Crippen molar-refractivity contribution in [3.63, 3.8) is 0 Å². The first-order valence-electron chi connectivity index (χ1n) is 6.10. The Labute approximate surface area is 133 Å². The first-order valence-corrected chi connectivity index (χ1v) is 8.34. The minimum absolute atomic E-state index is 0.122. The molecule has 0 saturated heterocycles. The number of nitrogens with one attached hydrogen (secondary N) is 1. The number of aromatic carboxylic acids is 1. The van der Waals surface area contributed by atoms with Crippen molar-refractivity contribution in [3.05, 3.63) is 27.7 Å². The van der Waals surface area contributed by atoms with E-state index in [-0.39, 0.29) is 16.5 Å². The van der Waals surface area contributed by atoms with E-state index in [2.05, 4.69) is 4.72 Å². The molecule has 0 radical (unpaired) electrons. The number of sulfonamides is 1. The summed E-state index contributed by atoms with van der Waals surface area (Å²) in [7, 11) is -3.91. The molecule has 0 aromatic heterocycles. The molecule has 0 fully saturated rings. The van der Waals surface area contributed by atoms with Crippen molar-refractivity contribution >= 4 is 39.2 Å². The minimum atomic E-state index is -3.91. The average Bonchev–Trinajstić information content (AvgIpc) is 2.37. The normalized spacial score (nSPS) is 11.6. The largest absolute Gasteiger partial charge is 0.478 e. The first-order chi connectivity index (χ1) is 9.81. The van der Waals surface area contributed by atoms with Crippen molar-refractivity contribution in [2.24, 2.45) is 0 Å². The summed E-state index contributed by atoms with van der Waals surface area (Å²) in [5, 5.41) is 8.48. The monoisotopic (exact) mass is 355 g/mol. The van der Waals surface area contributed by atoms with Gasteiger partial charge >= 0.3 is 5.97 Å². The number of hydrogen-bond acceptors (Lipinski definition) is 4. The van der Waals surface area contributed by atoms with E-state index < -0.39 is 26.6 Å². The molecule has 0 amide bonds. The molecule has 0 saturated carbocycles. The number of hydrogen-bond donors (Lipinski definition) is 2. The highest BCUT2D eigenvalue weighted by Gasteiger charge is 2.24. The van der Waals surface area contributed by atoms with Gasteiger partial charge in [0.2, 0.25) is 10.0 Å². The molecule has 9 heteroatoms. The Balaban J connectivity index is 2.94. The summed E-state index contributed by atoms with van der Waals surface area (Å²) in [6.07, 6.45) is 0.490. The lowest BCUT2D eigenvalue weighted by Gasteiger charge is -2.11. The highest BCUT2D eigenvalue weighted by molar-refractivity contribution is 7.89. The summed E-state index contributed by atoms with van der Waals surface area (Å²) in [6.45, 7) is 2.97. The summed E-state index contributed by atoms with van der Waals surface area (Å²) in [6, 6.07) is 2.35. The van der Waals surface area contributed by atoms with Gasteiger partial charge in [0.15, 0.2) is 0 Å². The standard InChI is InChI=1S/C12H15Cl2NO5S/c1-2-20-7-3-6-15-21(18,19)9-5-4-8(13)10(11(9)14)12(16)17/h4-5,15H,2-3,6-7H2,1H3,(H,16,17). The zero-order valence-corrected chi connectivity index (χ0v) is 13.6. The molecule has 0 aliphatic heterocycles. The second-order valence-electron chi connectivity index (χ2n) is 3.99. The zero-order chi connectivity index (χ0) is 16.0. The van der Waals surface area contributed by atoms with E-state index in [0.29, 0.717) is 19.6 Å². The summed E-state index contributed by atoms with van der Waals surface area (Å²) in [5.74, 6) is -1.39. The zero-order valence-electron chi connectivity index (χ0n) is 11.2. The molecule has 0 spiro atoms. The van der Waals surface area contributed by atoms with Crippen molar-refractivity contribution in [3.8, 4) is 0 Å². The Morgan fingerprint density at radius 1 is 1.38 bits per heavy atom. The van der Waals surface area contributed by atoms with Crippen LogP contribution in [0, 0.1) is 0 Å². The molecule has 0 aliphatic carbocycles. The van der Waals surface area contributed by atoms with Crippen LogP contribution in [0.25, 0.3) is 0 Å². The smallest absolute Gasteiger partial charge is 0.338 e. The number of halogens is 2. The maximum atomic E-state index is 12.1. The molecule has 118 valence electrons. The second-order valence-corrected chi connectivity index (χ2v) is 6.51. The Hall–Kier alpha value is -0.860. The van der Waals surface area contributed by atoms with Crippen LogP contribution in [0.1, 0.15) is 23.7 Å². The second kappa shape index (κ2) is 7.95. The van der Waals surface area contributed by atoms with Crippen molar-refractivity contribution in [1.82, 2.24) is 4.72 Å². The van der Waals surface area contributed by atoms with Gasteiger partial charge in [-0.15, -0.1) is 0 Å². The molecule has 1 aromatic carbocycles. The van der Waals surface area contributed by atoms with Gasteiger partial charge in [0.05, 0.1) is 15.6 Å². The predicted octanol–water partition coefficient (Wildman–Crippen LogP) is 2.40. The van der Waals surface area contributed by atoms with E-state index in [1.54, 1.807) is 0 Å². The number of carboxylic acid groups (broad SMARTS) is 1. The van der Waals surface area contributed by atoms with Crippen LogP contribution in [-0.4, -0.2) is 39.3 Å². The maximum Gasteiger partial charge on any atom is 0.338 e. The summed E-state index contributed by atoms with van der Waals surface area (Å²) >= 11 is 11.6. The van der Waals surface area contributed by atoms with E-state index in [4.69, 9.17) is 33.0 Å². The van der Waals surface area contributed by atoms with Gasteiger partial charge in [-0.3, -0.25) is 0 Å². The lowest BCUT2D eigenvalue weighted by Crippen LogP contribution is -2.26. The van der Waals surface area contributed by atoms with Crippen molar-refractivity contribution in [1.29, 1.82) is 0 Å². The lowest BCUT2D eigenvalue weighted by atomic mass is 10.2. The molecular weight excluding hydrogens is 341 g/mol. The Bertz CT molecular complexity index is 618. The van der Waals surface area contributed by atoms with Crippen LogP contribution in [0.2, 0.25) is 10.0 Å². The van der Waals surface area contributed by atoms with Crippen LogP contribution in [0.4, 0.5) is 0 Å². The molecule has 1 aromatic rings. The highest BCUT2D eigenvalue weighted by atomic mass is 35.5. The van der Waals surface area contributed by atoms with Gasteiger partial charge < -0.3 is 9.84 Å². The van der Waals surface area contributed by atoms with Crippen LogP contribution < -0.4 is 4.72 Å².